The molecule has 1 aliphatic heterocycles. The molecule has 0 aromatic heterocycles. The molecule has 2 N–H and O–H groups in total. The van der Waals surface area contributed by atoms with Gasteiger partial charge in [-0.05, 0) is 50.6 Å². The quantitative estimate of drug-likeness (QED) is 0.834. The number of likely N-dealkylation sites (tertiary alicyclic amines) is 1. The van der Waals surface area contributed by atoms with Gasteiger partial charge in [-0.15, -0.1) is 0 Å². The molecular formula is C16H24FN3O. The van der Waals surface area contributed by atoms with Gasteiger partial charge in [-0.25, -0.2) is 4.39 Å². The number of hydrogen-bond acceptors (Lipinski definition) is 3. The average Bonchev–Trinajstić information content (AvgIpc) is 2.88. The molecule has 1 saturated heterocycles. The highest BCUT2D eigenvalue weighted by Gasteiger charge is 2.25. The molecule has 4 nitrogen and oxygen atoms in total. The second-order valence-corrected chi connectivity index (χ2v) is 5.68. The van der Waals surface area contributed by atoms with Crippen LogP contribution in [0.15, 0.2) is 18.2 Å². The topological polar surface area (TPSA) is 44.4 Å². The van der Waals surface area contributed by atoms with Crippen molar-refractivity contribution in [2.24, 2.45) is 0 Å². The first-order chi connectivity index (χ1) is 10.1. The van der Waals surface area contributed by atoms with Gasteiger partial charge in [-0.1, -0.05) is 12.1 Å². The Balaban J connectivity index is 1.80. The number of aryl methyl sites for hydroxylation is 1. The van der Waals surface area contributed by atoms with Gasteiger partial charge >= 0.3 is 0 Å². The summed E-state index contributed by atoms with van der Waals surface area (Å²) in [6.07, 6.45) is 2.29. The summed E-state index contributed by atoms with van der Waals surface area (Å²) in [7, 11) is 1.94. The van der Waals surface area contributed by atoms with Gasteiger partial charge in [0.25, 0.3) is 0 Å². The van der Waals surface area contributed by atoms with Crippen LogP contribution in [0.1, 0.15) is 24.0 Å². The van der Waals surface area contributed by atoms with Crippen LogP contribution in [-0.2, 0) is 11.3 Å². The van der Waals surface area contributed by atoms with E-state index >= 15 is 0 Å². The molecule has 1 aromatic rings. The van der Waals surface area contributed by atoms with E-state index in [4.69, 9.17) is 0 Å². The minimum Gasteiger partial charge on any atom is -0.351 e. The summed E-state index contributed by atoms with van der Waals surface area (Å²) < 4.78 is 13.2. The van der Waals surface area contributed by atoms with Crippen LogP contribution >= 0.6 is 0 Å². The van der Waals surface area contributed by atoms with Crippen molar-refractivity contribution in [2.75, 3.05) is 26.7 Å². The number of rotatable bonds is 6. The van der Waals surface area contributed by atoms with Gasteiger partial charge in [0.2, 0.25) is 5.91 Å². The van der Waals surface area contributed by atoms with Crippen molar-refractivity contribution in [2.45, 2.75) is 32.4 Å². The molecule has 1 atom stereocenters. The number of carbonyl (C=O) groups is 1. The summed E-state index contributed by atoms with van der Waals surface area (Å²) >= 11 is 0. The van der Waals surface area contributed by atoms with E-state index in [1.54, 1.807) is 19.1 Å². The van der Waals surface area contributed by atoms with Gasteiger partial charge in [0, 0.05) is 19.1 Å². The lowest BCUT2D eigenvalue weighted by Crippen LogP contribution is -2.43. The maximum Gasteiger partial charge on any atom is 0.234 e. The largest absolute Gasteiger partial charge is 0.351 e. The Kier molecular flexibility index (Phi) is 5.70. The Morgan fingerprint density at radius 3 is 3.00 bits per heavy atom. The van der Waals surface area contributed by atoms with Crippen LogP contribution in [0.3, 0.4) is 0 Å². The van der Waals surface area contributed by atoms with E-state index in [1.807, 2.05) is 7.05 Å². The zero-order valence-electron chi connectivity index (χ0n) is 12.8. The van der Waals surface area contributed by atoms with Crippen molar-refractivity contribution in [1.82, 2.24) is 15.5 Å². The molecule has 0 saturated carbocycles. The molecule has 0 spiro atoms. The minimum atomic E-state index is -0.211. The van der Waals surface area contributed by atoms with Crippen LogP contribution in [-0.4, -0.2) is 43.5 Å². The Hall–Kier alpha value is -1.46. The maximum absolute atomic E-state index is 13.2. The smallest absolute Gasteiger partial charge is 0.234 e. The van der Waals surface area contributed by atoms with Gasteiger partial charge in [-0.3, -0.25) is 9.69 Å². The summed E-state index contributed by atoms with van der Waals surface area (Å²) in [5.74, 6) is -0.183. The predicted molar refractivity (Wildman–Crippen MR) is 81.5 cm³/mol. The van der Waals surface area contributed by atoms with E-state index in [0.29, 0.717) is 24.7 Å². The first kappa shape index (κ1) is 15.9. The van der Waals surface area contributed by atoms with Crippen molar-refractivity contribution in [3.05, 3.63) is 35.1 Å². The molecule has 0 aliphatic carbocycles. The van der Waals surface area contributed by atoms with Gasteiger partial charge in [-0.2, -0.15) is 0 Å². The Labute approximate surface area is 125 Å². The van der Waals surface area contributed by atoms with Crippen LogP contribution in [0.25, 0.3) is 0 Å². The fourth-order valence-electron chi connectivity index (χ4n) is 2.83. The molecule has 21 heavy (non-hydrogen) atoms. The summed E-state index contributed by atoms with van der Waals surface area (Å²) in [4.78, 5) is 14.3. The van der Waals surface area contributed by atoms with Gasteiger partial charge in [0.1, 0.15) is 5.82 Å². The molecule has 0 bridgehead atoms. The van der Waals surface area contributed by atoms with Crippen molar-refractivity contribution in [1.29, 1.82) is 0 Å². The number of nitrogens with zero attached hydrogens (tertiary/aromatic N) is 1. The van der Waals surface area contributed by atoms with Gasteiger partial charge in [0.15, 0.2) is 0 Å². The van der Waals surface area contributed by atoms with E-state index in [-0.39, 0.29) is 11.7 Å². The number of amides is 1. The number of halogens is 1. The third kappa shape index (κ3) is 4.51. The second-order valence-electron chi connectivity index (χ2n) is 5.68. The molecule has 1 heterocycles. The number of nitrogens with one attached hydrogen (secondary N) is 2. The SMILES string of the molecule is CNCC1CCCN1CC(=O)NCc1ccc(F)c(C)c1. The van der Waals surface area contributed by atoms with E-state index in [2.05, 4.69) is 15.5 Å². The highest BCUT2D eigenvalue weighted by Crippen LogP contribution is 2.15. The first-order valence-electron chi connectivity index (χ1n) is 7.50. The molecule has 1 aromatic carbocycles. The Morgan fingerprint density at radius 2 is 2.29 bits per heavy atom. The molecule has 5 heteroatoms. The van der Waals surface area contributed by atoms with Crippen LogP contribution in [0.5, 0.6) is 0 Å². The summed E-state index contributed by atoms with van der Waals surface area (Å²) in [6.45, 7) is 4.52. The first-order valence-corrected chi connectivity index (χ1v) is 7.50. The summed E-state index contributed by atoms with van der Waals surface area (Å²) in [6, 6.07) is 5.38. The molecule has 1 amide bonds. The standard InChI is InChI=1S/C16H24FN3O/c1-12-8-13(5-6-15(12)17)9-19-16(21)11-20-7-3-4-14(20)10-18-2/h5-6,8,14,18H,3-4,7,9-11H2,1-2H3,(H,19,21). The molecule has 1 aliphatic rings. The predicted octanol–water partition coefficient (Wildman–Crippen LogP) is 1.43. The minimum absolute atomic E-state index is 0.0278. The van der Waals surface area contributed by atoms with Crippen LogP contribution in [0, 0.1) is 12.7 Å². The van der Waals surface area contributed by atoms with E-state index < -0.39 is 0 Å². The van der Waals surface area contributed by atoms with Crippen LogP contribution < -0.4 is 10.6 Å². The fraction of sp³-hybridized carbons (Fsp3) is 0.562. The lowest BCUT2D eigenvalue weighted by Gasteiger charge is -2.23. The number of hydrogen-bond donors (Lipinski definition) is 2. The van der Waals surface area contributed by atoms with Crippen molar-refractivity contribution in [3.63, 3.8) is 0 Å². The summed E-state index contributed by atoms with van der Waals surface area (Å²) in [5.41, 5.74) is 1.53. The van der Waals surface area contributed by atoms with Gasteiger partial charge < -0.3 is 10.6 Å². The van der Waals surface area contributed by atoms with Crippen molar-refractivity contribution in [3.8, 4) is 0 Å². The van der Waals surface area contributed by atoms with Crippen LogP contribution in [0.2, 0.25) is 0 Å². The Morgan fingerprint density at radius 1 is 1.48 bits per heavy atom. The number of likely N-dealkylation sites (N-methyl/N-ethyl adjacent to an activating group) is 1. The van der Waals surface area contributed by atoms with Crippen LogP contribution in [0.4, 0.5) is 4.39 Å². The maximum atomic E-state index is 13.2. The third-order valence-corrected chi connectivity index (χ3v) is 4.00. The van der Waals surface area contributed by atoms with E-state index in [0.717, 1.165) is 31.5 Å². The molecule has 2 rings (SSSR count). The Bertz CT molecular complexity index is 492. The molecule has 1 fully saturated rings. The molecule has 0 radical (unpaired) electrons. The molecule has 1 unspecified atom stereocenters. The number of benzene rings is 1. The number of carbonyl (C=O) groups excluding carboxylic acids is 1. The monoisotopic (exact) mass is 293 g/mol. The molecule has 116 valence electrons. The zero-order valence-corrected chi connectivity index (χ0v) is 12.8. The lowest BCUT2D eigenvalue weighted by molar-refractivity contribution is -0.122. The zero-order chi connectivity index (χ0) is 15.2. The van der Waals surface area contributed by atoms with Crippen molar-refractivity contribution >= 4 is 5.91 Å². The lowest BCUT2D eigenvalue weighted by atomic mass is 10.1. The average molecular weight is 293 g/mol. The van der Waals surface area contributed by atoms with E-state index in [9.17, 15) is 9.18 Å². The molecular weight excluding hydrogens is 269 g/mol. The second kappa shape index (κ2) is 7.52. The highest BCUT2D eigenvalue weighted by molar-refractivity contribution is 5.78. The van der Waals surface area contributed by atoms with E-state index in [1.165, 1.54) is 6.07 Å². The fourth-order valence-corrected chi connectivity index (χ4v) is 2.83. The van der Waals surface area contributed by atoms with Crippen molar-refractivity contribution < 1.29 is 9.18 Å². The normalized spacial score (nSPS) is 18.9. The van der Waals surface area contributed by atoms with Gasteiger partial charge in [0.05, 0.1) is 6.54 Å². The highest BCUT2D eigenvalue weighted by atomic mass is 19.1. The third-order valence-electron chi connectivity index (χ3n) is 4.00. The summed E-state index contributed by atoms with van der Waals surface area (Å²) in [5, 5.41) is 6.09.